The Morgan fingerprint density at radius 1 is 1.31 bits per heavy atom. The van der Waals surface area contributed by atoms with Crippen molar-refractivity contribution in [3.8, 4) is 0 Å². The highest BCUT2D eigenvalue weighted by Crippen LogP contribution is 2.19. The van der Waals surface area contributed by atoms with Crippen molar-refractivity contribution in [2.45, 2.75) is 66.3 Å². The summed E-state index contributed by atoms with van der Waals surface area (Å²) < 4.78 is 0. The molecule has 3 heteroatoms. The fraction of sp³-hybridized carbons (Fsp3) is 0.923. The number of aliphatic carboxylic acids is 1. The lowest BCUT2D eigenvalue weighted by atomic mass is 10.1. The summed E-state index contributed by atoms with van der Waals surface area (Å²) in [5.74, 6) is -0.664. The molecule has 3 nitrogen and oxygen atoms in total. The van der Waals surface area contributed by atoms with E-state index in [0.29, 0.717) is 12.5 Å². The summed E-state index contributed by atoms with van der Waals surface area (Å²) in [5, 5.41) is 8.63. The van der Waals surface area contributed by atoms with Gasteiger partial charge in [0.05, 0.1) is 6.42 Å². The molecule has 0 saturated carbocycles. The third-order valence-electron chi connectivity index (χ3n) is 2.42. The molecule has 1 heterocycles. The van der Waals surface area contributed by atoms with Gasteiger partial charge in [-0.1, -0.05) is 34.6 Å². The molecular formula is C13H29NO2. The van der Waals surface area contributed by atoms with E-state index in [-0.39, 0.29) is 0 Å². The van der Waals surface area contributed by atoms with E-state index in [2.05, 4.69) is 11.8 Å². The average Bonchev–Trinajstić information content (AvgIpc) is 2.71. The van der Waals surface area contributed by atoms with Crippen LogP contribution in [0, 0.1) is 0 Å². The summed E-state index contributed by atoms with van der Waals surface area (Å²) in [4.78, 5) is 12.8. The molecule has 0 aromatic rings. The molecule has 1 atom stereocenters. The van der Waals surface area contributed by atoms with E-state index in [9.17, 15) is 4.79 Å². The van der Waals surface area contributed by atoms with Gasteiger partial charge in [-0.25, -0.2) is 0 Å². The van der Waals surface area contributed by atoms with E-state index in [1.165, 1.54) is 0 Å². The van der Waals surface area contributed by atoms with Crippen LogP contribution >= 0.6 is 0 Å². The summed E-state index contributed by atoms with van der Waals surface area (Å²) in [5.41, 5.74) is 0. The zero-order valence-electron chi connectivity index (χ0n) is 11.6. The van der Waals surface area contributed by atoms with Gasteiger partial charge < -0.3 is 5.11 Å². The Kier molecular flexibility index (Phi) is 13.9. The van der Waals surface area contributed by atoms with E-state index in [1.54, 1.807) is 0 Å². The van der Waals surface area contributed by atoms with Crippen molar-refractivity contribution in [1.29, 1.82) is 0 Å². The zero-order chi connectivity index (χ0) is 13.0. The normalized spacial score (nSPS) is 19.2. The Bertz CT molecular complexity index is 160. The lowest BCUT2D eigenvalue weighted by Crippen LogP contribution is -2.31. The van der Waals surface area contributed by atoms with Crippen LogP contribution in [0.3, 0.4) is 0 Å². The van der Waals surface area contributed by atoms with Gasteiger partial charge in [0.15, 0.2) is 0 Å². The molecule has 16 heavy (non-hydrogen) atoms. The van der Waals surface area contributed by atoms with Gasteiger partial charge >= 0.3 is 5.97 Å². The van der Waals surface area contributed by atoms with Crippen LogP contribution in [-0.2, 0) is 4.79 Å². The van der Waals surface area contributed by atoms with E-state index in [0.717, 1.165) is 32.4 Å². The number of nitrogens with zero attached hydrogens (tertiary/aromatic N) is 1. The molecule has 0 bridgehead atoms. The minimum Gasteiger partial charge on any atom is -0.481 e. The van der Waals surface area contributed by atoms with Gasteiger partial charge in [0.2, 0.25) is 0 Å². The Hall–Kier alpha value is -0.570. The van der Waals surface area contributed by atoms with Gasteiger partial charge in [-0.05, 0) is 32.4 Å². The van der Waals surface area contributed by atoms with Crippen molar-refractivity contribution in [2.75, 3.05) is 13.1 Å². The highest BCUT2D eigenvalue weighted by Gasteiger charge is 2.25. The molecule has 0 amide bonds. The van der Waals surface area contributed by atoms with Gasteiger partial charge in [0, 0.05) is 6.04 Å². The first-order valence-electron chi connectivity index (χ1n) is 6.70. The van der Waals surface area contributed by atoms with Crippen molar-refractivity contribution >= 4 is 5.97 Å². The largest absolute Gasteiger partial charge is 0.481 e. The SMILES string of the molecule is CC.CC.CCCN1CCCC1CC(=O)O. The Labute approximate surface area is 101 Å². The molecule has 1 aliphatic heterocycles. The Morgan fingerprint density at radius 2 is 1.88 bits per heavy atom. The molecular weight excluding hydrogens is 202 g/mol. The molecule has 1 aliphatic rings. The lowest BCUT2D eigenvalue weighted by Gasteiger charge is -2.21. The summed E-state index contributed by atoms with van der Waals surface area (Å²) in [6.45, 7) is 12.3. The van der Waals surface area contributed by atoms with Crippen molar-refractivity contribution in [3.63, 3.8) is 0 Å². The van der Waals surface area contributed by atoms with Crippen LogP contribution in [0.2, 0.25) is 0 Å². The van der Waals surface area contributed by atoms with E-state index in [1.807, 2.05) is 27.7 Å². The smallest absolute Gasteiger partial charge is 0.304 e. The topological polar surface area (TPSA) is 40.5 Å². The van der Waals surface area contributed by atoms with Crippen molar-refractivity contribution in [3.05, 3.63) is 0 Å². The maximum absolute atomic E-state index is 10.5. The van der Waals surface area contributed by atoms with E-state index >= 15 is 0 Å². The molecule has 1 unspecified atom stereocenters. The molecule has 1 rings (SSSR count). The Morgan fingerprint density at radius 3 is 2.31 bits per heavy atom. The van der Waals surface area contributed by atoms with E-state index in [4.69, 9.17) is 5.11 Å². The minimum atomic E-state index is -0.664. The average molecular weight is 231 g/mol. The van der Waals surface area contributed by atoms with E-state index < -0.39 is 5.97 Å². The minimum absolute atomic E-state index is 0.308. The molecule has 0 aromatic carbocycles. The number of carbonyl (C=O) groups is 1. The van der Waals surface area contributed by atoms with Crippen molar-refractivity contribution in [2.24, 2.45) is 0 Å². The first kappa shape index (κ1) is 17.8. The zero-order valence-corrected chi connectivity index (χ0v) is 11.6. The predicted octanol–water partition coefficient (Wildman–Crippen LogP) is 3.39. The van der Waals surface area contributed by atoms with Crippen molar-refractivity contribution < 1.29 is 9.90 Å². The van der Waals surface area contributed by atoms with Crippen LogP contribution in [0.1, 0.15) is 60.3 Å². The molecule has 0 radical (unpaired) electrons. The number of carboxylic acids is 1. The number of carboxylic acid groups (broad SMARTS) is 1. The van der Waals surface area contributed by atoms with Crippen LogP contribution in [0.25, 0.3) is 0 Å². The van der Waals surface area contributed by atoms with Crippen molar-refractivity contribution in [1.82, 2.24) is 4.90 Å². The summed E-state index contributed by atoms with van der Waals surface area (Å²) in [7, 11) is 0. The first-order valence-corrected chi connectivity index (χ1v) is 6.70. The molecule has 98 valence electrons. The summed E-state index contributed by atoms with van der Waals surface area (Å²) >= 11 is 0. The van der Waals surface area contributed by atoms with Crippen LogP contribution in [0.4, 0.5) is 0 Å². The maximum atomic E-state index is 10.5. The van der Waals surface area contributed by atoms with Gasteiger partial charge in [-0.15, -0.1) is 0 Å². The van der Waals surface area contributed by atoms with Gasteiger partial charge in [0.1, 0.15) is 0 Å². The van der Waals surface area contributed by atoms with Crippen LogP contribution in [0.5, 0.6) is 0 Å². The van der Waals surface area contributed by atoms with Crippen LogP contribution in [0.15, 0.2) is 0 Å². The number of hydrogen-bond acceptors (Lipinski definition) is 2. The van der Waals surface area contributed by atoms with Crippen LogP contribution < -0.4 is 0 Å². The first-order chi connectivity index (χ1) is 7.74. The molecule has 0 aromatic heterocycles. The molecule has 1 N–H and O–H groups in total. The monoisotopic (exact) mass is 231 g/mol. The molecule has 1 fully saturated rings. The summed E-state index contributed by atoms with van der Waals surface area (Å²) in [6, 6.07) is 0.308. The number of likely N-dealkylation sites (tertiary alicyclic amines) is 1. The lowest BCUT2D eigenvalue weighted by molar-refractivity contribution is -0.138. The molecule has 0 spiro atoms. The predicted molar refractivity (Wildman–Crippen MR) is 69.8 cm³/mol. The second kappa shape index (κ2) is 12.5. The summed E-state index contributed by atoms with van der Waals surface area (Å²) in [6.07, 6.45) is 3.67. The van der Waals surface area contributed by atoms with Crippen LogP contribution in [-0.4, -0.2) is 35.1 Å². The van der Waals surface area contributed by atoms with Gasteiger partial charge in [-0.2, -0.15) is 0 Å². The fourth-order valence-electron chi connectivity index (χ4n) is 1.91. The quantitative estimate of drug-likeness (QED) is 0.806. The Balaban J connectivity index is 0. The maximum Gasteiger partial charge on any atom is 0.304 e. The number of rotatable bonds is 4. The standard InChI is InChI=1S/C9H17NO2.2C2H6/c1-2-5-10-6-3-4-8(10)7-9(11)12;2*1-2/h8H,2-7H2,1H3,(H,11,12);2*1-2H3. The third kappa shape index (κ3) is 7.69. The number of hydrogen-bond donors (Lipinski definition) is 1. The van der Waals surface area contributed by atoms with Gasteiger partial charge in [0.25, 0.3) is 0 Å². The molecule has 1 saturated heterocycles. The second-order valence-corrected chi connectivity index (χ2v) is 3.43. The van der Waals surface area contributed by atoms with Gasteiger partial charge in [-0.3, -0.25) is 9.69 Å². The highest BCUT2D eigenvalue weighted by molar-refractivity contribution is 5.67. The second-order valence-electron chi connectivity index (χ2n) is 3.43. The fourth-order valence-corrected chi connectivity index (χ4v) is 1.91. The third-order valence-corrected chi connectivity index (χ3v) is 2.42. The highest BCUT2D eigenvalue weighted by atomic mass is 16.4. The molecule has 0 aliphatic carbocycles.